The van der Waals surface area contributed by atoms with E-state index in [4.69, 9.17) is 30.0 Å². The molecule has 2 aromatic heterocycles. The molecule has 6 N–H and O–H groups in total. The molecule has 0 aromatic carbocycles. The summed E-state index contributed by atoms with van der Waals surface area (Å²) >= 11 is 0. The molecule has 1 aliphatic heterocycles. The molecule has 3 heterocycles. The fourth-order valence-corrected chi connectivity index (χ4v) is 4.68. The Morgan fingerprint density at radius 2 is 1.90 bits per heavy atom. The first-order valence-corrected chi connectivity index (χ1v) is 11.3. The van der Waals surface area contributed by atoms with Crippen molar-refractivity contribution in [3.8, 4) is 0 Å². The van der Waals surface area contributed by atoms with Crippen LogP contribution in [-0.2, 0) is 23.1 Å². The molecule has 2 aromatic rings. The molecule has 13 nitrogen and oxygen atoms in total. The lowest BCUT2D eigenvalue weighted by Crippen LogP contribution is -2.33. The third-order valence-corrected chi connectivity index (χ3v) is 6.36. The monoisotopic (exact) mass is 459 g/mol. The number of hydrogen-bond donors (Lipinski definition) is 4. The van der Waals surface area contributed by atoms with Crippen LogP contribution < -0.4 is 11.5 Å². The molecule has 4 atom stereocenters. The normalized spacial score (nSPS) is 24.2. The average Bonchev–Trinajstić information content (AvgIpc) is 3.19. The smallest absolute Gasteiger partial charge is 0.356 e. The van der Waals surface area contributed by atoms with Crippen molar-refractivity contribution in [3.05, 3.63) is 17.6 Å². The predicted molar refractivity (Wildman–Crippen MR) is 108 cm³/mol. The number of nitrogens with two attached hydrogens (primary N) is 2. The second-order valence-corrected chi connectivity index (χ2v) is 8.78. The highest BCUT2D eigenvalue weighted by molar-refractivity contribution is 7.53. The second kappa shape index (κ2) is 9.17. The minimum atomic E-state index is -3.57. The maximum absolute atomic E-state index is 12.6. The SMILES string of the molecule is CCOP(=O)(CO[C@H]1O[C@@H](n2cc(C(N)=O)c3c(N)nc(C)nc32)[C@H](O)[C@@H]1O)OCC. The molecule has 0 saturated carbocycles. The van der Waals surface area contributed by atoms with Gasteiger partial charge in [-0.2, -0.15) is 0 Å². The number of nitrogens with zero attached hydrogens (tertiary/aromatic N) is 3. The highest BCUT2D eigenvalue weighted by atomic mass is 31.2. The number of aryl methyl sites for hydroxylation is 1. The molecule has 3 rings (SSSR count). The van der Waals surface area contributed by atoms with Crippen molar-refractivity contribution in [3.63, 3.8) is 0 Å². The molecular weight excluding hydrogens is 433 g/mol. The predicted octanol–water partition coefficient (Wildman–Crippen LogP) is 0.238. The zero-order valence-electron chi connectivity index (χ0n) is 17.3. The summed E-state index contributed by atoms with van der Waals surface area (Å²) in [6, 6.07) is 0. The number of rotatable bonds is 9. The topological polar surface area (TPSA) is 194 Å². The second-order valence-electron chi connectivity index (χ2n) is 6.79. The van der Waals surface area contributed by atoms with Gasteiger partial charge in [-0.15, -0.1) is 0 Å². The van der Waals surface area contributed by atoms with E-state index in [1.165, 1.54) is 10.8 Å². The summed E-state index contributed by atoms with van der Waals surface area (Å²) in [5, 5.41) is 21.2. The van der Waals surface area contributed by atoms with Crippen LogP contribution in [0.3, 0.4) is 0 Å². The Hall–Kier alpha value is -2.12. The van der Waals surface area contributed by atoms with Gasteiger partial charge in [-0.3, -0.25) is 9.36 Å². The Kier molecular flexibility index (Phi) is 6.96. The summed E-state index contributed by atoms with van der Waals surface area (Å²) in [5.74, 6) is -0.432. The maximum atomic E-state index is 12.6. The van der Waals surface area contributed by atoms with Crippen LogP contribution >= 0.6 is 7.60 Å². The van der Waals surface area contributed by atoms with Crippen LogP contribution in [0.2, 0.25) is 0 Å². The van der Waals surface area contributed by atoms with Gasteiger partial charge in [0.05, 0.1) is 24.2 Å². The van der Waals surface area contributed by atoms with Crippen LogP contribution in [0.25, 0.3) is 11.0 Å². The zero-order chi connectivity index (χ0) is 22.9. The van der Waals surface area contributed by atoms with Gasteiger partial charge in [0.15, 0.2) is 18.9 Å². The molecule has 1 amide bonds. The van der Waals surface area contributed by atoms with Gasteiger partial charge in [-0.25, -0.2) is 9.97 Å². The fraction of sp³-hybridized carbons (Fsp3) is 0.588. The summed E-state index contributed by atoms with van der Waals surface area (Å²) in [5.41, 5.74) is 11.6. The first-order valence-electron chi connectivity index (χ1n) is 9.57. The third-order valence-electron chi connectivity index (χ3n) is 4.59. The number of amides is 1. The van der Waals surface area contributed by atoms with Crippen molar-refractivity contribution in [2.75, 3.05) is 25.3 Å². The van der Waals surface area contributed by atoms with Crippen molar-refractivity contribution < 1.29 is 38.1 Å². The lowest BCUT2D eigenvalue weighted by molar-refractivity contribution is -0.168. The summed E-state index contributed by atoms with van der Waals surface area (Å²) in [6.07, 6.45) is -4.73. The third kappa shape index (κ3) is 4.58. The van der Waals surface area contributed by atoms with Crippen LogP contribution in [0, 0.1) is 6.92 Å². The summed E-state index contributed by atoms with van der Waals surface area (Å²) < 4.78 is 35.3. The minimum Gasteiger partial charge on any atom is -0.385 e. The van der Waals surface area contributed by atoms with Crippen molar-refractivity contribution in [1.29, 1.82) is 0 Å². The van der Waals surface area contributed by atoms with Gasteiger partial charge in [0.2, 0.25) is 0 Å². The van der Waals surface area contributed by atoms with Gasteiger partial charge in [-0.05, 0) is 20.8 Å². The van der Waals surface area contributed by atoms with E-state index in [2.05, 4.69) is 9.97 Å². The van der Waals surface area contributed by atoms with E-state index in [0.717, 1.165) is 0 Å². The summed E-state index contributed by atoms with van der Waals surface area (Å²) in [6.45, 7) is 5.16. The molecule has 1 saturated heterocycles. The van der Waals surface area contributed by atoms with Gasteiger partial charge in [-0.1, -0.05) is 0 Å². The molecule has 1 fully saturated rings. The molecule has 1 aliphatic rings. The van der Waals surface area contributed by atoms with E-state index >= 15 is 0 Å². The van der Waals surface area contributed by atoms with Crippen molar-refractivity contribution >= 4 is 30.4 Å². The zero-order valence-corrected chi connectivity index (χ0v) is 18.2. The molecule has 0 spiro atoms. The van der Waals surface area contributed by atoms with Gasteiger partial charge < -0.3 is 44.8 Å². The Morgan fingerprint density at radius 1 is 1.26 bits per heavy atom. The first kappa shape index (κ1) is 23.5. The molecular formula is C17H26N5O8P. The van der Waals surface area contributed by atoms with E-state index in [0.29, 0.717) is 5.82 Å². The number of aromatic nitrogens is 3. The average molecular weight is 459 g/mol. The first-order chi connectivity index (χ1) is 14.6. The van der Waals surface area contributed by atoms with E-state index in [-0.39, 0.29) is 35.6 Å². The van der Waals surface area contributed by atoms with Crippen LogP contribution in [0.1, 0.15) is 36.3 Å². The Balaban J connectivity index is 1.90. The Morgan fingerprint density at radius 3 is 2.48 bits per heavy atom. The van der Waals surface area contributed by atoms with Crippen molar-refractivity contribution in [2.45, 2.75) is 45.5 Å². The maximum Gasteiger partial charge on any atom is 0.356 e. The van der Waals surface area contributed by atoms with Crippen LogP contribution in [-0.4, -0.2) is 68.7 Å². The Bertz CT molecular complexity index is 1000. The van der Waals surface area contributed by atoms with Crippen LogP contribution in [0.4, 0.5) is 5.82 Å². The van der Waals surface area contributed by atoms with Crippen LogP contribution in [0.5, 0.6) is 0 Å². The number of aliphatic hydroxyl groups excluding tert-OH is 2. The molecule has 14 heteroatoms. The number of primary amides is 1. The molecule has 0 aliphatic carbocycles. The quantitative estimate of drug-likeness (QED) is 0.375. The van der Waals surface area contributed by atoms with E-state index in [1.807, 2.05) is 0 Å². The molecule has 0 bridgehead atoms. The number of aliphatic hydroxyl groups is 2. The van der Waals surface area contributed by atoms with Crippen LogP contribution in [0.15, 0.2) is 6.20 Å². The van der Waals surface area contributed by atoms with Gasteiger partial charge in [0, 0.05) is 6.20 Å². The molecule has 0 unspecified atom stereocenters. The number of nitrogen functional groups attached to an aromatic ring is 1. The van der Waals surface area contributed by atoms with Crippen molar-refractivity contribution in [2.24, 2.45) is 5.73 Å². The van der Waals surface area contributed by atoms with E-state index in [9.17, 15) is 19.6 Å². The van der Waals surface area contributed by atoms with Gasteiger partial charge in [0.25, 0.3) is 5.91 Å². The number of fused-ring (bicyclic) bond motifs is 1. The fourth-order valence-electron chi connectivity index (χ4n) is 3.34. The molecule has 0 radical (unpaired) electrons. The molecule has 31 heavy (non-hydrogen) atoms. The number of carbonyl (C=O) groups is 1. The van der Waals surface area contributed by atoms with Crippen molar-refractivity contribution in [1.82, 2.24) is 14.5 Å². The lowest BCUT2D eigenvalue weighted by Gasteiger charge is -2.20. The highest BCUT2D eigenvalue weighted by Crippen LogP contribution is 2.49. The van der Waals surface area contributed by atoms with E-state index in [1.54, 1.807) is 20.8 Å². The number of hydrogen-bond acceptors (Lipinski definition) is 11. The van der Waals surface area contributed by atoms with Gasteiger partial charge in [0.1, 0.15) is 29.5 Å². The minimum absolute atomic E-state index is 0.0272. The van der Waals surface area contributed by atoms with Gasteiger partial charge >= 0.3 is 7.60 Å². The number of carbonyl (C=O) groups excluding carboxylic acids is 1. The lowest BCUT2D eigenvalue weighted by atomic mass is 10.2. The highest BCUT2D eigenvalue weighted by Gasteiger charge is 2.46. The Labute approximate surface area is 177 Å². The number of anilines is 1. The van der Waals surface area contributed by atoms with E-state index < -0.39 is 44.6 Å². The summed E-state index contributed by atoms with van der Waals surface area (Å²) in [7, 11) is -3.57. The standard InChI is InChI=1S/C17H26N5O8P/c1-4-28-31(26,29-5-2)7-27-17-12(24)11(23)16(30-17)22-6-9(14(19)25)10-13(18)20-8(3)21-15(10)22/h6,11-12,16-17,23-24H,4-5,7H2,1-3H3,(H2,19,25)(H2,18,20,21)/t11-,12+,16-,17+/m1/s1. The largest absolute Gasteiger partial charge is 0.385 e. The number of ether oxygens (including phenoxy) is 2. The summed E-state index contributed by atoms with van der Waals surface area (Å²) in [4.78, 5) is 20.2. The molecule has 172 valence electrons.